The molecule has 0 heterocycles. The van der Waals surface area contributed by atoms with E-state index in [9.17, 15) is 5.11 Å². The van der Waals surface area contributed by atoms with Crippen LogP contribution in [-0.4, -0.2) is 23.4 Å². The first-order valence-corrected chi connectivity index (χ1v) is 5.41. The third-order valence-corrected chi connectivity index (χ3v) is 2.35. The number of phenolic OH excluding ortho intramolecular Hbond substituents is 1. The number of aliphatic hydroxyl groups excluding tert-OH is 1. The molecule has 0 spiro atoms. The molecule has 0 aliphatic carbocycles. The van der Waals surface area contributed by atoms with E-state index < -0.39 is 0 Å². The van der Waals surface area contributed by atoms with E-state index in [1.165, 1.54) is 0 Å². The number of rotatable bonds is 6. The molecule has 0 fully saturated rings. The predicted octanol–water partition coefficient (Wildman–Crippen LogP) is 1.91. The van der Waals surface area contributed by atoms with Crippen molar-refractivity contribution in [2.24, 2.45) is 0 Å². The van der Waals surface area contributed by atoms with Gasteiger partial charge in [0.25, 0.3) is 0 Å². The first-order valence-electron chi connectivity index (χ1n) is 5.03. The molecule has 0 amide bonds. The molecule has 0 saturated carbocycles. The minimum atomic E-state index is 0.226. The molecule has 0 radical (unpaired) electrons. The molecule has 0 aliphatic rings. The number of unbranched alkanes of at least 4 members (excludes halogenated alkanes) is 1. The Morgan fingerprint density at radius 3 is 2.80 bits per heavy atom. The first-order chi connectivity index (χ1) is 7.24. The van der Waals surface area contributed by atoms with Crippen LogP contribution in [0.2, 0.25) is 5.02 Å². The molecule has 0 saturated heterocycles. The average Bonchev–Trinajstić information content (AvgIpc) is 2.23. The summed E-state index contributed by atoms with van der Waals surface area (Å²) >= 11 is 5.81. The summed E-state index contributed by atoms with van der Waals surface area (Å²) in [6.07, 6.45) is 1.73. The fraction of sp³-hybridized carbons (Fsp3) is 0.455. The van der Waals surface area contributed by atoms with E-state index in [4.69, 9.17) is 16.7 Å². The third-order valence-electron chi connectivity index (χ3n) is 2.12. The van der Waals surface area contributed by atoms with Gasteiger partial charge in [-0.3, -0.25) is 0 Å². The van der Waals surface area contributed by atoms with Crippen molar-refractivity contribution in [3.05, 3.63) is 28.8 Å². The van der Waals surface area contributed by atoms with Gasteiger partial charge in [-0.05, 0) is 37.6 Å². The molecular weight excluding hydrogens is 214 g/mol. The normalized spacial score (nSPS) is 10.5. The van der Waals surface area contributed by atoms with Crippen LogP contribution in [0.15, 0.2) is 18.2 Å². The van der Waals surface area contributed by atoms with Crippen LogP contribution in [0.5, 0.6) is 5.75 Å². The Morgan fingerprint density at radius 2 is 2.07 bits per heavy atom. The van der Waals surface area contributed by atoms with E-state index in [1.807, 2.05) is 0 Å². The Kier molecular flexibility index (Phi) is 5.47. The van der Waals surface area contributed by atoms with Gasteiger partial charge in [-0.25, -0.2) is 0 Å². The molecule has 0 bridgehead atoms. The van der Waals surface area contributed by atoms with E-state index in [-0.39, 0.29) is 12.4 Å². The minimum absolute atomic E-state index is 0.226. The molecule has 1 rings (SSSR count). The monoisotopic (exact) mass is 229 g/mol. The second kappa shape index (κ2) is 6.67. The fourth-order valence-electron chi connectivity index (χ4n) is 1.28. The maximum atomic E-state index is 9.50. The van der Waals surface area contributed by atoms with Crippen molar-refractivity contribution in [3.8, 4) is 5.75 Å². The summed E-state index contributed by atoms with van der Waals surface area (Å²) in [5, 5.41) is 21.9. The standard InChI is InChI=1S/C11H16ClNO2/c12-10-3-4-11(15)9(7-10)8-13-5-1-2-6-14/h3-4,7,13-15H,1-2,5-6,8H2. The van der Waals surface area contributed by atoms with Crippen LogP contribution in [0.25, 0.3) is 0 Å². The van der Waals surface area contributed by atoms with Gasteiger partial charge in [-0.2, -0.15) is 0 Å². The van der Waals surface area contributed by atoms with Crippen molar-refractivity contribution in [2.45, 2.75) is 19.4 Å². The van der Waals surface area contributed by atoms with E-state index in [1.54, 1.807) is 18.2 Å². The Bertz CT molecular complexity index is 305. The Labute approximate surface area is 94.7 Å². The van der Waals surface area contributed by atoms with Gasteiger partial charge in [0, 0.05) is 23.7 Å². The van der Waals surface area contributed by atoms with Gasteiger partial charge in [-0.1, -0.05) is 11.6 Å². The molecule has 0 atom stereocenters. The summed E-state index contributed by atoms with van der Waals surface area (Å²) in [4.78, 5) is 0. The predicted molar refractivity (Wildman–Crippen MR) is 61.1 cm³/mol. The molecule has 0 unspecified atom stereocenters. The molecule has 4 heteroatoms. The number of aromatic hydroxyl groups is 1. The number of phenols is 1. The van der Waals surface area contributed by atoms with Crippen LogP contribution >= 0.6 is 11.6 Å². The Hall–Kier alpha value is -0.770. The maximum absolute atomic E-state index is 9.50. The quantitative estimate of drug-likeness (QED) is 0.654. The highest BCUT2D eigenvalue weighted by Crippen LogP contribution is 2.20. The van der Waals surface area contributed by atoms with Crippen LogP contribution in [0.4, 0.5) is 0 Å². The molecule has 15 heavy (non-hydrogen) atoms. The molecule has 0 aliphatic heterocycles. The highest BCUT2D eigenvalue weighted by Gasteiger charge is 2.00. The average molecular weight is 230 g/mol. The van der Waals surface area contributed by atoms with Crippen molar-refractivity contribution < 1.29 is 10.2 Å². The number of halogens is 1. The molecule has 3 nitrogen and oxygen atoms in total. The van der Waals surface area contributed by atoms with E-state index in [2.05, 4.69) is 5.32 Å². The highest BCUT2D eigenvalue weighted by molar-refractivity contribution is 6.30. The summed E-state index contributed by atoms with van der Waals surface area (Å²) in [6, 6.07) is 5.00. The summed E-state index contributed by atoms with van der Waals surface area (Å²) in [6.45, 7) is 1.65. The van der Waals surface area contributed by atoms with Crippen molar-refractivity contribution in [1.29, 1.82) is 0 Å². The maximum Gasteiger partial charge on any atom is 0.120 e. The lowest BCUT2D eigenvalue weighted by atomic mass is 10.2. The van der Waals surface area contributed by atoms with Crippen LogP contribution in [0.1, 0.15) is 18.4 Å². The van der Waals surface area contributed by atoms with Gasteiger partial charge in [-0.15, -0.1) is 0 Å². The number of hydrogen-bond acceptors (Lipinski definition) is 3. The SMILES string of the molecule is OCCCCNCc1cc(Cl)ccc1O. The zero-order valence-corrected chi connectivity index (χ0v) is 9.30. The highest BCUT2D eigenvalue weighted by atomic mass is 35.5. The molecule has 0 aromatic heterocycles. The topological polar surface area (TPSA) is 52.5 Å². The lowest BCUT2D eigenvalue weighted by Crippen LogP contribution is -2.15. The number of benzene rings is 1. The smallest absolute Gasteiger partial charge is 0.120 e. The van der Waals surface area contributed by atoms with Gasteiger partial charge in [0.2, 0.25) is 0 Å². The summed E-state index contributed by atoms with van der Waals surface area (Å²) in [5.74, 6) is 0.258. The summed E-state index contributed by atoms with van der Waals surface area (Å²) in [7, 11) is 0. The minimum Gasteiger partial charge on any atom is -0.508 e. The van der Waals surface area contributed by atoms with Gasteiger partial charge in [0.05, 0.1) is 0 Å². The number of nitrogens with one attached hydrogen (secondary N) is 1. The molecule has 1 aromatic rings. The molecule has 1 aromatic carbocycles. The van der Waals surface area contributed by atoms with E-state index >= 15 is 0 Å². The lowest BCUT2D eigenvalue weighted by molar-refractivity contribution is 0.283. The van der Waals surface area contributed by atoms with Gasteiger partial charge in [0.15, 0.2) is 0 Å². The van der Waals surface area contributed by atoms with Crippen LogP contribution in [-0.2, 0) is 6.54 Å². The van der Waals surface area contributed by atoms with Crippen LogP contribution < -0.4 is 5.32 Å². The lowest BCUT2D eigenvalue weighted by Gasteiger charge is -2.06. The number of hydrogen-bond donors (Lipinski definition) is 3. The second-order valence-corrected chi connectivity index (χ2v) is 3.82. The third kappa shape index (κ3) is 4.51. The van der Waals surface area contributed by atoms with Gasteiger partial charge < -0.3 is 15.5 Å². The number of aliphatic hydroxyl groups is 1. The zero-order valence-electron chi connectivity index (χ0n) is 8.54. The Morgan fingerprint density at radius 1 is 1.27 bits per heavy atom. The van der Waals surface area contributed by atoms with E-state index in [0.29, 0.717) is 11.6 Å². The first kappa shape index (κ1) is 12.3. The van der Waals surface area contributed by atoms with Crippen molar-refractivity contribution >= 4 is 11.6 Å². The van der Waals surface area contributed by atoms with Crippen molar-refractivity contribution in [2.75, 3.05) is 13.2 Å². The molecular formula is C11H16ClNO2. The molecule has 84 valence electrons. The van der Waals surface area contributed by atoms with Gasteiger partial charge >= 0.3 is 0 Å². The van der Waals surface area contributed by atoms with E-state index in [0.717, 1.165) is 24.9 Å². The van der Waals surface area contributed by atoms with Crippen LogP contribution in [0, 0.1) is 0 Å². The van der Waals surface area contributed by atoms with Gasteiger partial charge in [0.1, 0.15) is 5.75 Å². The van der Waals surface area contributed by atoms with Crippen molar-refractivity contribution in [3.63, 3.8) is 0 Å². The van der Waals surface area contributed by atoms with Crippen LogP contribution in [0.3, 0.4) is 0 Å². The largest absolute Gasteiger partial charge is 0.508 e. The summed E-state index contributed by atoms with van der Waals surface area (Å²) < 4.78 is 0. The second-order valence-electron chi connectivity index (χ2n) is 3.38. The Balaban J connectivity index is 2.33. The fourth-order valence-corrected chi connectivity index (χ4v) is 1.48. The van der Waals surface area contributed by atoms with Crippen molar-refractivity contribution in [1.82, 2.24) is 5.32 Å². The summed E-state index contributed by atoms with van der Waals surface area (Å²) in [5.41, 5.74) is 0.798. The molecule has 3 N–H and O–H groups in total. The zero-order chi connectivity index (χ0) is 11.1.